The minimum atomic E-state index is -0.148. The monoisotopic (exact) mass is 469 g/mol. The Morgan fingerprint density at radius 1 is 1.09 bits per heavy atom. The molecule has 0 atom stereocenters. The number of nitrogens with two attached hydrogens (primary N) is 1. The summed E-state index contributed by atoms with van der Waals surface area (Å²) >= 11 is 0. The number of hydrogen-bond donors (Lipinski definition) is 2. The molecule has 0 fully saturated rings. The Labute approximate surface area is 203 Å². The van der Waals surface area contributed by atoms with Gasteiger partial charge in [0.15, 0.2) is 5.96 Å². The highest BCUT2D eigenvalue weighted by atomic mass is 16.5. The molecule has 0 saturated heterocycles. The van der Waals surface area contributed by atoms with Crippen molar-refractivity contribution >= 4 is 11.9 Å². The van der Waals surface area contributed by atoms with Gasteiger partial charge in [0.25, 0.3) is 0 Å². The maximum absolute atomic E-state index is 12.3. The van der Waals surface area contributed by atoms with Crippen LogP contribution in [-0.4, -0.2) is 44.8 Å². The third-order valence-corrected chi connectivity index (χ3v) is 5.04. The minimum absolute atomic E-state index is 0.125. The number of carbonyl (C=O) groups is 1. The maximum atomic E-state index is 12.3. The van der Waals surface area contributed by atoms with Crippen molar-refractivity contribution in [2.45, 2.75) is 59.0 Å². The van der Waals surface area contributed by atoms with E-state index in [1.807, 2.05) is 56.3 Å². The van der Waals surface area contributed by atoms with Gasteiger partial charge in [-0.15, -0.1) is 0 Å². The van der Waals surface area contributed by atoms with E-state index in [1.54, 1.807) is 7.11 Å². The van der Waals surface area contributed by atoms with Crippen molar-refractivity contribution in [3.8, 4) is 22.6 Å². The summed E-state index contributed by atoms with van der Waals surface area (Å²) in [5, 5.41) is 2.66. The summed E-state index contributed by atoms with van der Waals surface area (Å²) in [6.07, 6.45) is 3.79. The van der Waals surface area contributed by atoms with Crippen molar-refractivity contribution in [2.75, 3.05) is 26.9 Å². The van der Waals surface area contributed by atoms with E-state index in [2.05, 4.69) is 17.2 Å². The Balaban J connectivity index is 2.09. The van der Waals surface area contributed by atoms with E-state index in [1.165, 1.54) is 0 Å². The SMILES string of the molecule is CCCCN=C(N)NC(=O)CCc1ccc(-c2ccc(OC(C)C)cc2)c(OCCCOC)c1. The number of rotatable bonds is 14. The molecule has 0 aliphatic rings. The number of unbranched alkanes of at least 4 members (excludes halogenated alkanes) is 1. The van der Waals surface area contributed by atoms with Gasteiger partial charge < -0.3 is 19.9 Å². The predicted octanol–water partition coefficient (Wildman–Crippen LogP) is 4.72. The van der Waals surface area contributed by atoms with Gasteiger partial charge in [0.2, 0.25) is 5.91 Å². The molecule has 1 amide bonds. The first-order valence-corrected chi connectivity index (χ1v) is 12.0. The Morgan fingerprint density at radius 2 is 1.85 bits per heavy atom. The molecule has 2 aromatic rings. The lowest BCUT2D eigenvalue weighted by molar-refractivity contribution is -0.119. The molecule has 2 aromatic carbocycles. The van der Waals surface area contributed by atoms with Crippen LogP contribution in [0, 0.1) is 0 Å². The third kappa shape index (κ3) is 9.83. The highest BCUT2D eigenvalue weighted by Crippen LogP contribution is 2.33. The molecular weight excluding hydrogens is 430 g/mol. The average Bonchev–Trinajstić information content (AvgIpc) is 2.81. The van der Waals surface area contributed by atoms with Crippen LogP contribution in [0.25, 0.3) is 11.1 Å². The quantitative estimate of drug-likeness (QED) is 0.237. The second kappa shape index (κ2) is 15.0. The van der Waals surface area contributed by atoms with Crippen molar-refractivity contribution in [1.82, 2.24) is 5.32 Å². The van der Waals surface area contributed by atoms with Crippen molar-refractivity contribution in [2.24, 2.45) is 10.7 Å². The van der Waals surface area contributed by atoms with Gasteiger partial charge >= 0.3 is 0 Å². The largest absolute Gasteiger partial charge is 0.493 e. The molecule has 0 spiro atoms. The molecule has 0 saturated carbocycles. The number of ether oxygens (including phenoxy) is 3. The highest BCUT2D eigenvalue weighted by molar-refractivity contribution is 5.96. The zero-order chi connectivity index (χ0) is 24.8. The number of aliphatic imine (C=N–C) groups is 1. The van der Waals surface area contributed by atoms with E-state index in [4.69, 9.17) is 19.9 Å². The van der Waals surface area contributed by atoms with Crippen LogP contribution in [0.5, 0.6) is 11.5 Å². The van der Waals surface area contributed by atoms with Gasteiger partial charge in [0, 0.05) is 38.7 Å². The number of hydrogen-bond acceptors (Lipinski definition) is 5. The van der Waals surface area contributed by atoms with Crippen LogP contribution in [-0.2, 0) is 16.0 Å². The van der Waals surface area contributed by atoms with Crippen molar-refractivity contribution in [1.29, 1.82) is 0 Å². The summed E-state index contributed by atoms with van der Waals surface area (Å²) in [6.45, 7) is 7.90. The average molecular weight is 470 g/mol. The van der Waals surface area contributed by atoms with Gasteiger partial charge in [-0.25, -0.2) is 0 Å². The Hall–Kier alpha value is -3.06. The second-order valence-corrected chi connectivity index (χ2v) is 8.39. The second-order valence-electron chi connectivity index (χ2n) is 8.39. The van der Waals surface area contributed by atoms with E-state index < -0.39 is 0 Å². The summed E-state index contributed by atoms with van der Waals surface area (Å²) in [5.41, 5.74) is 8.84. The minimum Gasteiger partial charge on any atom is -0.493 e. The zero-order valence-electron chi connectivity index (χ0n) is 20.9. The number of amides is 1. The fraction of sp³-hybridized carbons (Fsp3) is 0.481. The Morgan fingerprint density at radius 3 is 2.53 bits per heavy atom. The fourth-order valence-corrected chi connectivity index (χ4v) is 3.31. The Kier molecular flexibility index (Phi) is 12.0. The molecule has 186 valence electrons. The number of methoxy groups -OCH3 is 1. The van der Waals surface area contributed by atoms with Crippen molar-refractivity contribution in [3.63, 3.8) is 0 Å². The lowest BCUT2D eigenvalue weighted by atomic mass is 10.0. The third-order valence-electron chi connectivity index (χ3n) is 5.04. The number of guanidine groups is 1. The van der Waals surface area contributed by atoms with Crippen LogP contribution >= 0.6 is 0 Å². The molecule has 0 unspecified atom stereocenters. The van der Waals surface area contributed by atoms with Gasteiger partial charge in [0.05, 0.1) is 12.7 Å². The molecule has 0 aliphatic heterocycles. The van der Waals surface area contributed by atoms with E-state index in [0.717, 1.165) is 47.5 Å². The fourth-order valence-electron chi connectivity index (χ4n) is 3.31. The standard InChI is InChI=1S/C27H39N3O4/c1-5-6-16-29-27(28)30-26(31)15-9-21-8-14-24(25(19-21)33-18-7-17-32-4)22-10-12-23(13-11-22)34-20(2)3/h8,10-14,19-20H,5-7,9,15-18H2,1-4H3,(H3,28,29,30,31). The van der Waals surface area contributed by atoms with Gasteiger partial charge in [-0.3, -0.25) is 15.1 Å². The number of aryl methyl sites for hydroxylation is 1. The van der Waals surface area contributed by atoms with E-state index in [-0.39, 0.29) is 18.0 Å². The molecule has 0 aliphatic carbocycles. The summed E-state index contributed by atoms with van der Waals surface area (Å²) in [6, 6.07) is 14.1. The predicted molar refractivity (Wildman–Crippen MR) is 137 cm³/mol. The first-order chi connectivity index (χ1) is 16.4. The van der Waals surface area contributed by atoms with Crippen LogP contribution < -0.4 is 20.5 Å². The van der Waals surface area contributed by atoms with Gasteiger partial charge in [-0.2, -0.15) is 0 Å². The molecule has 7 nitrogen and oxygen atoms in total. The van der Waals surface area contributed by atoms with Crippen molar-refractivity contribution < 1.29 is 19.0 Å². The lowest BCUT2D eigenvalue weighted by Crippen LogP contribution is -2.37. The maximum Gasteiger partial charge on any atom is 0.226 e. The van der Waals surface area contributed by atoms with Crippen LogP contribution in [0.3, 0.4) is 0 Å². The van der Waals surface area contributed by atoms with E-state index in [0.29, 0.717) is 32.6 Å². The topological polar surface area (TPSA) is 95.2 Å². The van der Waals surface area contributed by atoms with E-state index >= 15 is 0 Å². The van der Waals surface area contributed by atoms with Gasteiger partial charge in [-0.1, -0.05) is 37.6 Å². The smallest absolute Gasteiger partial charge is 0.226 e. The van der Waals surface area contributed by atoms with Gasteiger partial charge in [0.1, 0.15) is 11.5 Å². The highest BCUT2D eigenvalue weighted by Gasteiger charge is 2.11. The Bertz CT molecular complexity index is 911. The van der Waals surface area contributed by atoms with Gasteiger partial charge in [-0.05, 0) is 56.0 Å². The van der Waals surface area contributed by atoms with Crippen LogP contribution in [0.15, 0.2) is 47.5 Å². The molecule has 0 radical (unpaired) electrons. The number of carbonyl (C=O) groups excluding carboxylic acids is 1. The number of benzene rings is 2. The van der Waals surface area contributed by atoms with E-state index in [9.17, 15) is 4.79 Å². The molecule has 0 bridgehead atoms. The first-order valence-electron chi connectivity index (χ1n) is 12.0. The molecule has 0 heterocycles. The molecular formula is C27H39N3O4. The molecule has 3 N–H and O–H groups in total. The van der Waals surface area contributed by atoms with Crippen molar-refractivity contribution in [3.05, 3.63) is 48.0 Å². The summed E-state index contributed by atoms with van der Waals surface area (Å²) in [5.74, 6) is 1.65. The molecule has 7 heteroatoms. The molecule has 34 heavy (non-hydrogen) atoms. The van der Waals surface area contributed by atoms with Crippen LogP contribution in [0.2, 0.25) is 0 Å². The normalized spacial score (nSPS) is 11.5. The summed E-state index contributed by atoms with van der Waals surface area (Å²) in [4.78, 5) is 16.4. The molecule has 0 aromatic heterocycles. The number of nitrogens with zero attached hydrogens (tertiary/aromatic N) is 1. The lowest BCUT2D eigenvalue weighted by Gasteiger charge is -2.15. The van der Waals surface area contributed by atoms with Crippen LogP contribution in [0.1, 0.15) is 52.0 Å². The van der Waals surface area contributed by atoms with Crippen LogP contribution in [0.4, 0.5) is 0 Å². The first kappa shape index (κ1) is 27.2. The summed E-state index contributed by atoms with van der Waals surface area (Å²) < 4.78 is 17.0. The molecule has 2 rings (SSSR count). The zero-order valence-corrected chi connectivity index (χ0v) is 20.9. The number of nitrogens with one attached hydrogen (secondary N) is 1. The summed E-state index contributed by atoms with van der Waals surface area (Å²) in [7, 11) is 1.68.